The van der Waals surface area contributed by atoms with Crippen LogP contribution >= 0.6 is 0 Å². The van der Waals surface area contributed by atoms with Gasteiger partial charge in [-0.05, 0) is 44.5 Å². The molecule has 0 spiro atoms. The molecule has 0 fully saturated rings. The Morgan fingerprint density at radius 2 is 2.00 bits per heavy atom. The van der Waals surface area contributed by atoms with Gasteiger partial charge in [-0.25, -0.2) is 0 Å². The summed E-state index contributed by atoms with van der Waals surface area (Å²) in [4.78, 5) is 12.3. The molecule has 2 aromatic rings. The second kappa shape index (κ2) is 6.56. The monoisotopic (exact) mass is 325 g/mol. The summed E-state index contributed by atoms with van der Waals surface area (Å²) in [5, 5.41) is 3.08. The summed E-state index contributed by atoms with van der Waals surface area (Å²) < 4.78 is 11.6. The minimum atomic E-state index is -0.320. The first kappa shape index (κ1) is 16.4. The van der Waals surface area contributed by atoms with Gasteiger partial charge in [-0.2, -0.15) is 0 Å². The lowest BCUT2D eigenvalue weighted by molar-refractivity contribution is -0.124. The van der Waals surface area contributed by atoms with Crippen molar-refractivity contribution in [3.63, 3.8) is 0 Å². The van der Waals surface area contributed by atoms with Gasteiger partial charge in [-0.3, -0.25) is 4.79 Å². The van der Waals surface area contributed by atoms with E-state index in [4.69, 9.17) is 9.47 Å². The van der Waals surface area contributed by atoms with Gasteiger partial charge in [0.1, 0.15) is 17.1 Å². The van der Waals surface area contributed by atoms with Gasteiger partial charge in [0.25, 0.3) is 5.91 Å². The first-order valence-electron chi connectivity index (χ1n) is 8.20. The molecule has 0 aliphatic carbocycles. The van der Waals surface area contributed by atoms with Gasteiger partial charge in [0.05, 0.1) is 6.04 Å². The minimum absolute atomic E-state index is 0.00297. The predicted octanol–water partition coefficient (Wildman–Crippen LogP) is 3.79. The lowest BCUT2D eigenvalue weighted by atomic mass is 9.89. The Labute approximate surface area is 142 Å². The first-order chi connectivity index (χ1) is 11.4. The third-order valence-electron chi connectivity index (χ3n) is 4.07. The van der Waals surface area contributed by atoms with Crippen molar-refractivity contribution in [3.05, 3.63) is 59.7 Å². The second-order valence-corrected chi connectivity index (χ2v) is 6.83. The summed E-state index contributed by atoms with van der Waals surface area (Å²) in [6.07, 6.45) is 0.722. The van der Waals surface area contributed by atoms with Crippen molar-refractivity contribution in [2.24, 2.45) is 0 Å². The van der Waals surface area contributed by atoms with Crippen LogP contribution in [0.4, 0.5) is 0 Å². The molecule has 0 aromatic heterocycles. The summed E-state index contributed by atoms with van der Waals surface area (Å²) in [6, 6.07) is 15.4. The highest BCUT2D eigenvalue weighted by atomic mass is 16.5. The molecular weight excluding hydrogens is 302 g/mol. The molecule has 1 heterocycles. The number of fused-ring (bicyclic) bond motifs is 1. The van der Waals surface area contributed by atoms with Crippen molar-refractivity contribution >= 4 is 5.91 Å². The van der Waals surface area contributed by atoms with Gasteiger partial charge >= 0.3 is 0 Å². The summed E-state index contributed by atoms with van der Waals surface area (Å²) in [5.41, 5.74) is 1.84. The molecule has 4 heteroatoms. The van der Waals surface area contributed by atoms with Crippen LogP contribution in [-0.4, -0.2) is 18.1 Å². The van der Waals surface area contributed by atoms with Gasteiger partial charge in [-0.1, -0.05) is 30.3 Å². The number of aryl methyl sites for hydroxylation is 1. The maximum atomic E-state index is 12.3. The Morgan fingerprint density at radius 3 is 2.75 bits per heavy atom. The highest BCUT2D eigenvalue weighted by Gasteiger charge is 2.34. The molecule has 0 saturated carbocycles. The van der Waals surface area contributed by atoms with Crippen molar-refractivity contribution in [1.29, 1.82) is 0 Å². The standard InChI is InChI=1S/C20H23NO3/c1-14-9-10-16-17(12-20(2,3)24-18(16)11-14)21-19(22)13-23-15-7-5-4-6-8-15/h4-11,17H,12-13H2,1-3H3,(H,21,22)/t17-/m0/s1. The van der Waals surface area contributed by atoms with Crippen LogP contribution in [0, 0.1) is 6.92 Å². The van der Waals surface area contributed by atoms with E-state index in [1.807, 2.05) is 69.3 Å². The van der Waals surface area contributed by atoms with E-state index in [0.29, 0.717) is 5.75 Å². The number of hydrogen-bond donors (Lipinski definition) is 1. The topological polar surface area (TPSA) is 47.6 Å². The van der Waals surface area contributed by atoms with Gasteiger partial charge < -0.3 is 14.8 Å². The van der Waals surface area contributed by atoms with Gasteiger partial charge in [-0.15, -0.1) is 0 Å². The molecule has 126 valence electrons. The lowest BCUT2D eigenvalue weighted by Crippen LogP contribution is -2.42. The summed E-state index contributed by atoms with van der Waals surface area (Å²) >= 11 is 0. The van der Waals surface area contributed by atoms with Crippen molar-refractivity contribution in [1.82, 2.24) is 5.32 Å². The van der Waals surface area contributed by atoms with Gasteiger partial charge in [0, 0.05) is 12.0 Å². The molecule has 4 nitrogen and oxygen atoms in total. The van der Waals surface area contributed by atoms with E-state index in [9.17, 15) is 4.79 Å². The number of carbonyl (C=O) groups excluding carboxylic acids is 1. The maximum absolute atomic E-state index is 12.3. The third-order valence-corrected chi connectivity index (χ3v) is 4.07. The molecule has 24 heavy (non-hydrogen) atoms. The smallest absolute Gasteiger partial charge is 0.258 e. The van der Waals surface area contributed by atoms with Crippen molar-refractivity contribution < 1.29 is 14.3 Å². The number of ether oxygens (including phenoxy) is 2. The van der Waals surface area contributed by atoms with Crippen LogP contribution in [0.15, 0.2) is 48.5 Å². The fraction of sp³-hybridized carbons (Fsp3) is 0.350. The Hall–Kier alpha value is -2.49. The molecule has 1 amide bonds. The van der Waals surface area contributed by atoms with E-state index in [2.05, 4.69) is 5.32 Å². The van der Waals surface area contributed by atoms with E-state index in [0.717, 1.165) is 23.3 Å². The highest BCUT2D eigenvalue weighted by molar-refractivity contribution is 5.78. The zero-order valence-corrected chi connectivity index (χ0v) is 14.3. The fourth-order valence-corrected chi connectivity index (χ4v) is 2.99. The van der Waals surface area contributed by atoms with Crippen molar-refractivity contribution in [2.75, 3.05) is 6.61 Å². The van der Waals surface area contributed by atoms with Crippen LogP contribution in [0.1, 0.15) is 37.4 Å². The van der Waals surface area contributed by atoms with E-state index in [1.54, 1.807) is 0 Å². The average Bonchev–Trinajstić information content (AvgIpc) is 2.52. The normalized spacial score (nSPS) is 18.2. The van der Waals surface area contributed by atoms with Crippen LogP contribution in [0.5, 0.6) is 11.5 Å². The molecular formula is C20H23NO3. The highest BCUT2D eigenvalue weighted by Crippen LogP contribution is 2.39. The average molecular weight is 325 g/mol. The fourth-order valence-electron chi connectivity index (χ4n) is 2.99. The molecule has 1 N–H and O–H groups in total. The number of carbonyl (C=O) groups is 1. The number of amides is 1. The lowest BCUT2D eigenvalue weighted by Gasteiger charge is -2.38. The summed E-state index contributed by atoms with van der Waals surface area (Å²) in [6.45, 7) is 6.12. The van der Waals surface area contributed by atoms with Crippen LogP contribution < -0.4 is 14.8 Å². The van der Waals surface area contributed by atoms with Crippen LogP contribution in [0.2, 0.25) is 0 Å². The Kier molecular flexibility index (Phi) is 4.47. The van der Waals surface area contributed by atoms with Crippen LogP contribution in [0.25, 0.3) is 0 Å². The van der Waals surface area contributed by atoms with Gasteiger partial charge in [0.2, 0.25) is 0 Å². The Balaban J connectivity index is 1.69. The van der Waals surface area contributed by atoms with Gasteiger partial charge in [0.15, 0.2) is 6.61 Å². The zero-order chi connectivity index (χ0) is 17.2. The zero-order valence-electron chi connectivity index (χ0n) is 14.3. The number of hydrogen-bond acceptors (Lipinski definition) is 3. The number of benzene rings is 2. The van der Waals surface area contributed by atoms with E-state index in [-0.39, 0.29) is 24.2 Å². The molecule has 3 rings (SSSR count). The summed E-state index contributed by atoms with van der Waals surface area (Å²) in [5.74, 6) is 1.41. The van der Waals surface area contributed by atoms with E-state index < -0.39 is 0 Å². The second-order valence-electron chi connectivity index (χ2n) is 6.83. The third kappa shape index (κ3) is 3.88. The number of para-hydroxylation sites is 1. The Bertz CT molecular complexity index is 725. The van der Waals surface area contributed by atoms with E-state index in [1.165, 1.54) is 0 Å². The van der Waals surface area contributed by atoms with Crippen LogP contribution in [-0.2, 0) is 4.79 Å². The molecule has 1 aliphatic heterocycles. The molecule has 1 atom stereocenters. The minimum Gasteiger partial charge on any atom is -0.487 e. The van der Waals surface area contributed by atoms with Crippen molar-refractivity contribution in [3.8, 4) is 11.5 Å². The molecule has 0 radical (unpaired) electrons. The molecule has 2 aromatic carbocycles. The quantitative estimate of drug-likeness (QED) is 0.930. The Morgan fingerprint density at radius 1 is 1.25 bits per heavy atom. The molecule has 0 unspecified atom stereocenters. The first-order valence-corrected chi connectivity index (χ1v) is 8.20. The van der Waals surface area contributed by atoms with Crippen molar-refractivity contribution in [2.45, 2.75) is 38.8 Å². The molecule has 1 aliphatic rings. The number of rotatable bonds is 4. The van der Waals surface area contributed by atoms with Crippen LogP contribution in [0.3, 0.4) is 0 Å². The molecule has 0 saturated heterocycles. The maximum Gasteiger partial charge on any atom is 0.258 e. The predicted molar refractivity (Wildman–Crippen MR) is 93.3 cm³/mol. The SMILES string of the molecule is Cc1ccc2c(c1)OC(C)(C)C[C@@H]2NC(=O)COc1ccccc1. The van der Waals surface area contributed by atoms with E-state index >= 15 is 0 Å². The largest absolute Gasteiger partial charge is 0.487 e. The molecule has 0 bridgehead atoms. The summed E-state index contributed by atoms with van der Waals surface area (Å²) in [7, 11) is 0. The number of nitrogens with one attached hydrogen (secondary N) is 1.